The summed E-state index contributed by atoms with van der Waals surface area (Å²) in [7, 11) is -3.04. The van der Waals surface area contributed by atoms with Gasteiger partial charge in [0.15, 0.2) is 22.4 Å². The Hall–Kier alpha value is -1.02. The number of Topliss-reactive ketones (excluding diaryl/α,β-unsaturated/α-hetero) is 1. The summed E-state index contributed by atoms with van der Waals surface area (Å²) in [5.41, 5.74) is 4.17. The smallest absolute Gasteiger partial charge is 0.189 e. The molecule has 0 heterocycles. The van der Waals surface area contributed by atoms with Gasteiger partial charge in [0, 0.05) is 17.8 Å². The Labute approximate surface area is 205 Å². The Morgan fingerprint density at radius 3 is 2.00 bits per heavy atom. The fourth-order valence-electron chi connectivity index (χ4n) is 4.80. The van der Waals surface area contributed by atoms with Crippen molar-refractivity contribution in [3.8, 4) is 0 Å². The molecule has 2 aliphatic rings. The van der Waals surface area contributed by atoms with Crippen LogP contribution in [0.4, 0.5) is 0 Å². The summed E-state index contributed by atoms with van der Waals surface area (Å²) >= 11 is 0. The van der Waals surface area contributed by atoms with Gasteiger partial charge in [-0.1, -0.05) is 44.1 Å². The topological polar surface area (TPSA) is 35.5 Å². The van der Waals surface area contributed by atoms with Crippen molar-refractivity contribution < 1.29 is 13.6 Å². The zero-order chi connectivity index (χ0) is 24.8. The Morgan fingerprint density at radius 1 is 0.758 bits per heavy atom. The van der Waals surface area contributed by atoms with E-state index in [1.165, 1.54) is 18.4 Å². The second-order valence-electron chi connectivity index (χ2n) is 12.0. The first-order valence-corrected chi connectivity index (χ1v) is 19.8. The first-order chi connectivity index (χ1) is 15.3. The molecule has 0 saturated carbocycles. The van der Waals surface area contributed by atoms with Crippen molar-refractivity contribution in [1.82, 2.24) is 0 Å². The quantitative estimate of drug-likeness (QED) is 0.183. The number of hydrogen-bond acceptors (Lipinski definition) is 3. The fraction of sp³-hybridized carbons (Fsp3) is 0.679. The summed E-state index contributed by atoms with van der Waals surface area (Å²) < 4.78 is 12.8. The molecule has 0 aromatic heterocycles. The third kappa shape index (κ3) is 9.63. The lowest BCUT2D eigenvalue weighted by Crippen LogP contribution is -2.35. The van der Waals surface area contributed by atoms with Crippen LogP contribution in [0.2, 0.25) is 39.3 Å². The highest BCUT2D eigenvalue weighted by atomic mass is 28.4. The van der Waals surface area contributed by atoms with E-state index in [1.807, 2.05) is 19.1 Å². The minimum atomic E-state index is -1.59. The van der Waals surface area contributed by atoms with E-state index < -0.39 is 16.6 Å². The summed E-state index contributed by atoms with van der Waals surface area (Å²) in [4.78, 5) is 12.4. The van der Waals surface area contributed by atoms with Crippen LogP contribution in [-0.2, 0) is 13.6 Å². The van der Waals surface area contributed by atoms with Crippen molar-refractivity contribution in [2.24, 2.45) is 5.92 Å². The number of unbranched alkanes of at least 4 members (excludes halogenated alkanes) is 1. The Balaban J connectivity index is 1.81. The summed E-state index contributed by atoms with van der Waals surface area (Å²) in [6.45, 7) is 20.2. The molecule has 3 atom stereocenters. The minimum absolute atomic E-state index is 0.181. The molecule has 3 nitrogen and oxygen atoms in total. The zero-order valence-electron chi connectivity index (χ0n) is 22.7. The van der Waals surface area contributed by atoms with Crippen molar-refractivity contribution in [3.05, 3.63) is 46.6 Å². The third-order valence-corrected chi connectivity index (χ3v) is 8.46. The summed E-state index contributed by atoms with van der Waals surface area (Å²) in [6, 6.07) is 0. The van der Waals surface area contributed by atoms with E-state index in [9.17, 15) is 4.79 Å². The molecule has 0 saturated heterocycles. The lowest BCUT2D eigenvalue weighted by atomic mass is 9.88. The molecular weight excluding hydrogens is 440 g/mol. The van der Waals surface area contributed by atoms with Gasteiger partial charge in [0.05, 0.1) is 0 Å². The highest BCUT2D eigenvalue weighted by Gasteiger charge is 2.27. The monoisotopic (exact) mass is 488 g/mol. The average molecular weight is 489 g/mol. The Morgan fingerprint density at radius 2 is 1.36 bits per heavy atom. The van der Waals surface area contributed by atoms with Crippen LogP contribution < -0.4 is 0 Å². The summed E-state index contributed by atoms with van der Waals surface area (Å²) in [5.74, 6) is 0.728. The number of rotatable bonds is 14. The molecule has 0 fully saturated rings. The van der Waals surface area contributed by atoms with Gasteiger partial charge in [0.25, 0.3) is 0 Å². The molecule has 2 rings (SSSR count). The van der Waals surface area contributed by atoms with E-state index in [0.717, 1.165) is 48.8 Å². The molecule has 0 aromatic rings. The normalized spacial score (nSPS) is 19.4. The molecular formula is C28H48O3Si2. The number of carbonyl (C=O) groups is 1. The predicted octanol–water partition coefficient (Wildman–Crippen LogP) is 8.14. The van der Waals surface area contributed by atoms with E-state index in [1.54, 1.807) is 0 Å². The van der Waals surface area contributed by atoms with Crippen molar-refractivity contribution in [3.63, 3.8) is 0 Å². The highest BCUT2D eigenvalue weighted by molar-refractivity contribution is 6.70. The second-order valence-corrected chi connectivity index (χ2v) is 20.9. The fourth-order valence-corrected chi connectivity index (χ4v) is 7.38. The SMILES string of the molecule is CC1=CC=C2C(CCCC(C)C(CCCCC(C)O[Si](C)(C)C)O[Si](C)(C)C)=CC=C2C1=O. The summed E-state index contributed by atoms with van der Waals surface area (Å²) in [6.07, 6.45) is 17.0. The highest BCUT2D eigenvalue weighted by Crippen LogP contribution is 2.35. The molecule has 5 heteroatoms. The van der Waals surface area contributed by atoms with Gasteiger partial charge in [-0.15, -0.1) is 0 Å². The number of allylic oxidation sites excluding steroid dienone is 8. The van der Waals surface area contributed by atoms with Crippen LogP contribution in [0.3, 0.4) is 0 Å². The van der Waals surface area contributed by atoms with Crippen molar-refractivity contribution in [2.45, 2.75) is 117 Å². The number of hydrogen-bond donors (Lipinski definition) is 0. The van der Waals surface area contributed by atoms with E-state index >= 15 is 0 Å². The first-order valence-electron chi connectivity index (χ1n) is 13.0. The lowest BCUT2D eigenvalue weighted by molar-refractivity contribution is -0.112. The minimum Gasteiger partial charge on any atom is -0.415 e. The molecule has 3 unspecified atom stereocenters. The van der Waals surface area contributed by atoms with Crippen LogP contribution in [-0.4, -0.2) is 34.6 Å². The molecule has 33 heavy (non-hydrogen) atoms. The van der Waals surface area contributed by atoms with Crippen LogP contribution in [0.1, 0.15) is 65.7 Å². The van der Waals surface area contributed by atoms with Gasteiger partial charge in [0.1, 0.15) is 0 Å². The third-order valence-electron chi connectivity index (χ3n) is 6.34. The molecule has 0 amide bonds. The molecule has 0 bridgehead atoms. The van der Waals surface area contributed by atoms with Crippen molar-refractivity contribution in [2.75, 3.05) is 0 Å². The van der Waals surface area contributed by atoms with Crippen LogP contribution in [0.5, 0.6) is 0 Å². The molecule has 186 valence electrons. The van der Waals surface area contributed by atoms with Gasteiger partial charge in [-0.3, -0.25) is 4.79 Å². The maximum absolute atomic E-state index is 12.4. The van der Waals surface area contributed by atoms with Crippen LogP contribution in [0.15, 0.2) is 46.6 Å². The molecule has 0 aromatic carbocycles. The first kappa shape index (κ1) is 28.2. The van der Waals surface area contributed by atoms with Gasteiger partial charge in [-0.2, -0.15) is 0 Å². The maximum atomic E-state index is 12.4. The molecule has 2 aliphatic carbocycles. The number of ketones is 1. The van der Waals surface area contributed by atoms with Crippen molar-refractivity contribution >= 4 is 22.4 Å². The Kier molecular flexibility index (Phi) is 10.3. The lowest BCUT2D eigenvalue weighted by Gasteiger charge is -2.31. The van der Waals surface area contributed by atoms with Gasteiger partial charge < -0.3 is 8.85 Å². The maximum Gasteiger partial charge on any atom is 0.189 e. The van der Waals surface area contributed by atoms with E-state index in [0.29, 0.717) is 18.1 Å². The predicted molar refractivity (Wildman–Crippen MR) is 147 cm³/mol. The van der Waals surface area contributed by atoms with Gasteiger partial charge in [-0.25, -0.2) is 0 Å². The summed E-state index contributed by atoms with van der Waals surface area (Å²) in [5, 5.41) is 0. The molecule has 0 spiro atoms. The van der Waals surface area contributed by atoms with E-state index in [-0.39, 0.29) is 5.78 Å². The van der Waals surface area contributed by atoms with Crippen molar-refractivity contribution in [1.29, 1.82) is 0 Å². The van der Waals surface area contributed by atoms with Gasteiger partial charge in [0.2, 0.25) is 0 Å². The standard InChI is InChI=1S/C28H48O3Si2/c1-21(13-12-15-24-18-20-26-25(24)19-17-22(2)28(26)29)27(31-33(7,8)9)16-11-10-14-23(3)30-32(4,5)6/h17-21,23,27H,10-16H2,1-9H3. The average Bonchev–Trinajstić information content (AvgIpc) is 3.08. The Bertz CT molecular complexity index is 806. The molecule has 0 aliphatic heterocycles. The second kappa shape index (κ2) is 12.1. The molecule has 0 N–H and O–H groups in total. The number of fused-ring (bicyclic) bond motifs is 1. The van der Waals surface area contributed by atoms with E-state index in [4.69, 9.17) is 8.85 Å². The largest absolute Gasteiger partial charge is 0.415 e. The van der Waals surface area contributed by atoms with Crippen LogP contribution in [0, 0.1) is 5.92 Å². The zero-order valence-corrected chi connectivity index (χ0v) is 24.7. The molecule has 0 radical (unpaired) electrons. The number of carbonyl (C=O) groups excluding carboxylic acids is 1. The van der Waals surface area contributed by atoms with Crippen LogP contribution in [0.25, 0.3) is 0 Å². The van der Waals surface area contributed by atoms with E-state index in [2.05, 4.69) is 65.3 Å². The van der Waals surface area contributed by atoms with Gasteiger partial charge >= 0.3 is 0 Å². The van der Waals surface area contributed by atoms with Gasteiger partial charge in [-0.05, 0) is 108 Å². The van der Waals surface area contributed by atoms with Crippen LogP contribution >= 0.6 is 0 Å².